The van der Waals surface area contributed by atoms with E-state index in [0.717, 1.165) is 0 Å². The van der Waals surface area contributed by atoms with Crippen LogP contribution in [-0.4, -0.2) is 12.6 Å². The zero-order valence-electron chi connectivity index (χ0n) is 9.58. The van der Waals surface area contributed by atoms with Crippen molar-refractivity contribution in [2.24, 2.45) is 0 Å². The van der Waals surface area contributed by atoms with Crippen LogP contribution in [0.25, 0.3) is 0 Å². The third-order valence-corrected chi connectivity index (χ3v) is 3.02. The number of nitrogen functional groups attached to an aromatic ring is 1. The van der Waals surface area contributed by atoms with E-state index in [9.17, 15) is 4.79 Å². The summed E-state index contributed by atoms with van der Waals surface area (Å²) in [4.78, 5) is 11.6. The number of carbonyl (C=O) groups excluding carboxylic acids is 1. The summed E-state index contributed by atoms with van der Waals surface area (Å²) in [6.07, 6.45) is 1.81. The van der Waals surface area contributed by atoms with Crippen molar-refractivity contribution >= 4 is 34.9 Å². The van der Waals surface area contributed by atoms with Crippen LogP contribution in [0.5, 0.6) is 0 Å². The molecular formula is C12H12Cl2N2O2. The summed E-state index contributed by atoms with van der Waals surface area (Å²) >= 11 is 11.6. The summed E-state index contributed by atoms with van der Waals surface area (Å²) in [5, 5.41) is 8.78. The highest BCUT2D eigenvalue weighted by molar-refractivity contribution is 6.43. The first kappa shape index (κ1) is 14.6. The molecule has 4 nitrogen and oxygen atoms in total. The van der Waals surface area contributed by atoms with Crippen molar-refractivity contribution in [3.8, 4) is 6.07 Å². The monoisotopic (exact) mass is 286 g/mol. The summed E-state index contributed by atoms with van der Waals surface area (Å²) < 4.78 is 5.02. The Kier molecular flexibility index (Phi) is 5.76. The Morgan fingerprint density at radius 2 is 2.11 bits per heavy atom. The maximum absolute atomic E-state index is 11.6. The minimum Gasteiger partial charge on any atom is -0.462 e. The number of carbonyl (C=O) groups is 1. The smallest absolute Gasteiger partial charge is 0.338 e. The average Bonchev–Trinajstić information content (AvgIpc) is 2.34. The summed E-state index contributed by atoms with van der Waals surface area (Å²) in [6.45, 7) is 0.265. The number of hydrogen-bond donors (Lipinski definition) is 1. The van der Waals surface area contributed by atoms with Gasteiger partial charge in [0.2, 0.25) is 0 Å². The lowest BCUT2D eigenvalue weighted by Gasteiger charge is -2.07. The van der Waals surface area contributed by atoms with E-state index in [1.165, 1.54) is 12.1 Å². The Bertz CT molecular complexity index is 460. The van der Waals surface area contributed by atoms with Crippen LogP contribution >= 0.6 is 23.2 Å². The Morgan fingerprint density at radius 1 is 1.39 bits per heavy atom. The highest BCUT2D eigenvalue weighted by Gasteiger charge is 2.12. The predicted octanol–water partition coefficient (Wildman–Crippen LogP) is 3.43. The zero-order valence-corrected chi connectivity index (χ0v) is 11.1. The number of anilines is 1. The standard InChI is InChI=1S/C12H12Cl2N2O2/c13-9-6-8(7-10(16)11(9)14)12(17)18-5-3-1-2-4-15/h6-7H,1-3,5,16H2. The molecule has 6 heteroatoms. The van der Waals surface area contributed by atoms with E-state index >= 15 is 0 Å². The fourth-order valence-corrected chi connectivity index (χ4v) is 1.62. The lowest BCUT2D eigenvalue weighted by atomic mass is 10.2. The van der Waals surface area contributed by atoms with Crippen LogP contribution < -0.4 is 5.73 Å². The molecule has 0 saturated heterocycles. The van der Waals surface area contributed by atoms with Gasteiger partial charge in [-0.1, -0.05) is 23.2 Å². The van der Waals surface area contributed by atoms with Gasteiger partial charge in [-0.15, -0.1) is 0 Å². The van der Waals surface area contributed by atoms with Crippen molar-refractivity contribution in [1.29, 1.82) is 5.26 Å². The first-order valence-electron chi connectivity index (χ1n) is 5.35. The van der Waals surface area contributed by atoms with Crippen molar-refractivity contribution < 1.29 is 9.53 Å². The molecule has 0 unspecified atom stereocenters. The number of rotatable bonds is 5. The molecule has 0 amide bonds. The summed E-state index contributed by atoms with van der Waals surface area (Å²) in [5.74, 6) is -0.503. The Hall–Kier alpha value is -1.44. The van der Waals surface area contributed by atoms with Gasteiger partial charge < -0.3 is 10.5 Å². The second kappa shape index (κ2) is 7.10. The van der Waals surface area contributed by atoms with Crippen LogP contribution in [0.1, 0.15) is 29.6 Å². The molecule has 0 aliphatic carbocycles. The maximum Gasteiger partial charge on any atom is 0.338 e. The number of nitrogens with two attached hydrogens (primary N) is 1. The SMILES string of the molecule is N#CCCCCOC(=O)c1cc(N)c(Cl)c(Cl)c1. The van der Waals surface area contributed by atoms with Gasteiger partial charge in [0.1, 0.15) is 0 Å². The minimum absolute atomic E-state index is 0.216. The number of nitriles is 1. The molecular weight excluding hydrogens is 275 g/mol. The summed E-state index contributed by atoms with van der Waals surface area (Å²) in [6, 6.07) is 4.86. The highest BCUT2D eigenvalue weighted by Crippen LogP contribution is 2.29. The molecule has 0 aliphatic rings. The van der Waals surface area contributed by atoms with Gasteiger partial charge in [-0.2, -0.15) is 5.26 Å². The quantitative estimate of drug-likeness (QED) is 0.511. The number of halogens is 2. The van der Waals surface area contributed by atoms with Gasteiger partial charge in [0, 0.05) is 6.42 Å². The zero-order chi connectivity index (χ0) is 13.5. The number of hydrogen-bond acceptors (Lipinski definition) is 4. The number of benzene rings is 1. The van der Waals surface area contributed by atoms with Crippen molar-refractivity contribution in [2.45, 2.75) is 19.3 Å². The largest absolute Gasteiger partial charge is 0.462 e. The molecule has 0 fully saturated rings. The van der Waals surface area contributed by atoms with Crippen LogP contribution in [0.3, 0.4) is 0 Å². The van der Waals surface area contributed by atoms with E-state index in [0.29, 0.717) is 19.3 Å². The summed E-state index contributed by atoms with van der Waals surface area (Å²) in [7, 11) is 0. The first-order chi connectivity index (χ1) is 8.56. The molecule has 18 heavy (non-hydrogen) atoms. The van der Waals surface area contributed by atoms with E-state index in [4.69, 9.17) is 38.9 Å². The topological polar surface area (TPSA) is 76.1 Å². The highest BCUT2D eigenvalue weighted by atomic mass is 35.5. The average molecular weight is 287 g/mol. The van der Waals surface area contributed by atoms with Gasteiger partial charge in [-0.3, -0.25) is 0 Å². The molecule has 0 aromatic heterocycles. The van der Waals surface area contributed by atoms with E-state index in [1.807, 2.05) is 6.07 Å². The van der Waals surface area contributed by atoms with E-state index in [-0.39, 0.29) is 27.9 Å². The molecule has 1 aromatic rings. The van der Waals surface area contributed by atoms with Crippen molar-refractivity contribution in [1.82, 2.24) is 0 Å². The second-order valence-corrected chi connectivity index (χ2v) is 4.40. The molecule has 0 radical (unpaired) electrons. The molecule has 0 spiro atoms. The normalized spacial score (nSPS) is 9.83. The van der Waals surface area contributed by atoms with Gasteiger partial charge in [-0.25, -0.2) is 4.79 Å². The van der Waals surface area contributed by atoms with Crippen molar-refractivity contribution in [2.75, 3.05) is 12.3 Å². The Labute approximate surface area is 115 Å². The number of unbranched alkanes of at least 4 members (excludes halogenated alkanes) is 2. The van der Waals surface area contributed by atoms with Crippen LogP contribution in [-0.2, 0) is 4.74 Å². The first-order valence-corrected chi connectivity index (χ1v) is 6.10. The Balaban J connectivity index is 2.55. The van der Waals surface area contributed by atoms with Gasteiger partial charge in [-0.05, 0) is 25.0 Å². The molecule has 2 N–H and O–H groups in total. The van der Waals surface area contributed by atoms with Gasteiger partial charge in [0.25, 0.3) is 0 Å². The van der Waals surface area contributed by atoms with E-state index in [2.05, 4.69) is 0 Å². The van der Waals surface area contributed by atoms with Gasteiger partial charge in [0.05, 0.1) is 34.0 Å². The van der Waals surface area contributed by atoms with Crippen LogP contribution in [0.4, 0.5) is 5.69 Å². The third kappa shape index (κ3) is 4.10. The molecule has 0 aliphatic heterocycles. The fraction of sp³-hybridized carbons (Fsp3) is 0.333. The number of ether oxygens (including phenoxy) is 1. The molecule has 0 atom stereocenters. The predicted molar refractivity (Wildman–Crippen MR) is 70.6 cm³/mol. The van der Waals surface area contributed by atoms with Gasteiger partial charge >= 0.3 is 5.97 Å². The molecule has 96 valence electrons. The van der Waals surface area contributed by atoms with Crippen LogP contribution in [0.2, 0.25) is 10.0 Å². The third-order valence-electron chi connectivity index (χ3n) is 2.21. The number of nitrogens with zero attached hydrogens (tertiary/aromatic N) is 1. The number of esters is 1. The summed E-state index contributed by atoms with van der Waals surface area (Å²) in [5.41, 5.74) is 6.10. The van der Waals surface area contributed by atoms with Crippen molar-refractivity contribution in [3.05, 3.63) is 27.7 Å². The second-order valence-electron chi connectivity index (χ2n) is 3.61. The molecule has 1 rings (SSSR count). The van der Waals surface area contributed by atoms with E-state index in [1.54, 1.807) is 0 Å². The lowest BCUT2D eigenvalue weighted by Crippen LogP contribution is -2.07. The lowest BCUT2D eigenvalue weighted by molar-refractivity contribution is 0.0499. The van der Waals surface area contributed by atoms with Crippen LogP contribution in [0.15, 0.2) is 12.1 Å². The fourth-order valence-electron chi connectivity index (χ4n) is 1.28. The Morgan fingerprint density at radius 3 is 2.72 bits per heavy atom. The molecule has 0 saturated carbocycles. The molecule has 1 aromatic carbocycles. The molecule has 0 bridgehead atoms. The van der Waals surface area contributed by atoms with E-state index < -0.39 is 5.97 Å². The molecule has 0 heterocycles. The van der Waals surface area contributed by atoms with Gasteiger partial charge in [0.15, 0.2) is 0 Å². The maximum atomic E-state index is 11.6. The minimum atomic E-state index is -0.503. The van der Waals surface area contributed by atoms with Crippen LogP contribution in [0, 0.1) is 11.3 Å². The van der Waals surface area contributed by atoms with Crippen molar-refractivity contribution in [3.63, 3.8) is 0 Å².